The fourth-order valence-electron chi connectivity index (χ4n) is 3.61. The van der Waals surface area contributed by atoms with Gasteiger partial charge in [-0.15, -0.1) is 0 Å². The van der Waals surface area contributed by atoms with Crippen molar-refractivity contribution in [2.24, 2.45) is 17.8 Å². The highest BCUT2D eigenvalue weighted by atomic mass is 35.5. The Balaban J connectivity index is 2.22. The van der Waals surface area contributed by atoms with Gasteiger partial charge in [0.25, 0.3) is 0 Å². The molecule has 0 spiro atoms. The predicted octanol–water partition coefficient (Wildman–Crippen LogP) is 4.46. The van der Waals surface area contributed by atoms with E-state index in [4.69, 9.17) is 11.6 Å². The lowest BCUT2D eigenvalue weighted by molar-refractivity contribution is 0.175. The third-order valence-corrected chi connectivity index (χ3v) is 4.51. The third kappa shape index (κ3) is 3.70. The van der Waals surface area contributed by atoms with Crippen molar-refractivity contribution in [3.05, 3.63) is 29.0 Å². The van der Waals surface area contributed by atoms with Crippen LogP contribution in [-0.2, 0) is 0 Å². The van der Waals surface area contributed by atoms with Crippen molar-refractivity contribution >= 4 is 11.6 Å². The minimum atomic E-state index is 0.295. The van der Waals surface area contributed by atoms with Crippen molar-refractivity contribution in [3.8, 4) is 0 Å². The van der Waals surface area contributed by atoms with E-state index in [0.717, 1.165) is 29.1 Å². The van der Waals surface area contributed by atoms with Crippen LogP contribution < -0.4 is 5.32 Å². The van der Waals surface area contributed by atoms with Crippen molar-refractivity contribution in [1.29, 1.82) is 0 Å². The summed E-state index contributed by atoms with van der Waals surface area (Å²) in [5.74, 6) is 2.25. The van der Waals surface area contributed by atoms with E-state index in [1.807, 2.05) is 18.3 Å². The summed E-state index contributed by atoms with van der Waals surface area (Å²) in [6, 6.07) is 4.15. The van der Waals surface area contributed by atoms with Gasteiger partial charge >= 0.3 is 0 Å². The van der Waals surface area contributed by atoms with E-state index in [-0.39, 0.29) is 0 Å². The molecule has 0 aliphatic heterocycles. The molecule has 1 saturated carbocycles. The average molecular weight is 281 g/mol. The third-order valence-electron chi connectivity index (χ3n) is 4.19. The summed E-state index contributed by atoms with van der Waals surface area (Å²) in [5.41, 5.74) is 1.03. The number of halogens is 1. The Morgan fingerprint density at radius 3 is 2.58 bits per heavy atom. The highest BCUT2D eigenvalue weighted by Crippen LogP contribution is 2.40. The second-order valence-corrected chi connectivity index (χ2v) is 6.49. The highest BCUT2D eigenvalue weighted by molar-refractivity contribution is 6.31. The fraction of sp³-hybridized carbons (Fsp3) is 0.688. The molecular weight excluding hydrogens is 256 g/mol. The van der Waals surface area contributed by atoms with Crippen LogP contribution in [-0.4, -0.2) is 11.5 Å². The smallest absolute Gasteiger partial charge is 0.0761 e. The molecule has 19 heavy (non-hydrogen) atoms. The van der Waals surface area contributed by atoms with Gasteiger partial charge in [-0.05, 0) is 55.7 Å². The number of hydrogen-bond acceptors (Lipinski definition) is 2. The first-order chi connectivity index (χ1) is 9.11. The first kappa shape index (κ1) is 14.8. The monoisotopic (exact) mass is 280 g/mol. The van der Waals surface area contributed by atoms with Crippen molar-refractivity contribution in [1.82, 2.24) is 10.3 Å². The molecule has 1 aromatic rings. The predicted molar refractivity (Wildman–Crippen MR) is 81.3 cm³/mol. The van der Waals surface area contributed by atoms with Crippen LogP contribution in [0.4, 0.5) is 0 Å². The van der Waals surface area contributed by atoms with Crippen LogP contribution in [0, 0.1) is 17.8 Å². The summed E-state index contributed by atoms with van der Waals surface area (Å²) >= 11 is 6.34. The molecule has 106 valence electrons. The van der Waals surface area contributed by atoms with E-state index in [2.05, 4.69) is 31.1 Å². The first-order valence-electron chi connectivity index (χ1n) is 7.45. The van der Waals surface area contributed by atoms with E-state index < -0.39 is 0 Å². The summed E-state index contributed by atoms with van der Waals surface area (Å²) < 4.78 is 0. The Bertz CT molecular complexity index is 397. The number of nitrogens with zero attached hydrogens (tertiary/aromatic N) is 1. The lowest BCUT2D eigenvalue weighted by Gasteiger charge is -2.36. The van der Waals surface area contributed by atoms with Crippen molar-refractivity contribution in [2.45, 2.75) is 46.1 Å². The van der Waals surface area contributed by atoms with E-state index in [0.29, 0.717) is 12.0 Å². The van der Waals surface area contributed by atoms with Gasteiger partial charge in [-0.1, -0.05) is 32.4 Å². The molecule has 1 fully saturated rings. The molecule has 3 unspecified atom stereocenters. The Labute approximate surface area is 122 Å². The second kappa shape index (κ2) is 6.71. The Morgan fingerprint density at radius 2 is 2.00 bits per heavy atom. The van der Waals surface area contributed by atoms with Gasteiger partial charge in [-0.3, -0.25) is 4.98 Å². The molecule has 3 atom stereocenters. The molecule has 0 aromatic carbocycles. The molecule has 1 heterocycles. The van der Waals surface area contributed by atoms with Gasteiger partial charge in [-0.25, -0.2) is 0 Å². The van der Waals surface area contributed by atoms with Gasteiger partial charge in [-0.2, -0.15) is 0 Å². The zero-order valence-corrected chi connectivity index (χ0v) is 13.0. The van der Waals surface area contributed by atoms with Crippen LogP contribution >= 0.6 is 11.6 Å². The Hall–Kier alpha value is -0.600. The largest absolute Gasteiger partial charge is 0.309 e. The second-order valence-electron chi connectivity index (χ2n) is 6.08. The lowest BCUT2D eigenvalue weighted by atomic mass is 9.73. The minimum absolute atomic E-state index is 0.295. The molecule has 1 aromatic heterocycles. The molecule has 1 aliphatic carbocycles. The number of aromatic nitrogens is 1. The van der Waals surface area contributed by atoms with Crippen molar-refractivity contribution in [3.63, 3.8) is 0 Å². The topological polar surface area (TPSA) is 24.9 Å². The standard InChI is InChI=1S/C16H25ClN2/c1-4-18-15(16-14(17)6-5-7-19-16)13-9-11(2)8-12(3)10-13/h5-7,11-13,15,18H,4,8-10H2,1-3H3. The minimum Gasteiger partial charge on any atom is -0.309 e. The summed E-state index contributed by atoms with van der Waals surface area (Å²) in [4.78, 5) is 4.53. The lowest BCUT2D eigenvalue weighted by Crippen LogP contribution is -2.34. The zero-order valence-electron chi connectivity index (χ0n) is 12.2. The molecule has 0 radical (unpaired) electrons. The average Bonchev–Trinajstić information content (AvgIpc) is 2.36. The number of rotatable bonds is 4. The molecule has 3 heteroatoms. The molecule has 1 N–H and O–H groups in total. The van der Waals surface area contributed by atoms with Crippen molar-refractivity contribution in [2.75, 3.05) is 6.54 Å². The Morgan fingerprint density at radius 1 is 1.32 bits per heavy atom. The van der Waals surface area contributed by atoms with Crippen molar-refractivity contribution < 1.29 is 0 Å². The van der Waals surface area contributed by atoms with E-state index in [9.17, 15) is 0 Å². The number of pyridine rings is 1. The molecule has 0 bridgehead atoms. The van der Waals surface area contributed by atoms with Crippen LogP contribution in [0.2, 0.25) is 5.02 Å². The van der Waals surface area contributed by atoms with Gasteiger partial charge in [0.2, 0.25) is 0 Å². The highest BCUT2D eigenvalue weighted by Gasteiger charge is 2.32. The van der Waals surface area contributed by atoms with E-state index in [1.165, 1.54) is 19.3 Å². The summed E-state index contributed by atoms with van der Waals surface area (Å²) in [5, 5.41) is 4.39. The Kier molecular flexibility index (Phi) is 5.23. The SMILES string of the molecule is CCNC(c1ncccc1Cl)C1CC(C)CC(C)C1. The van der Waals surface area contributed by atoms with E-state index >= 15 is 0 Å². The normalized spacial score (nSPS) is 29.2. The maximum absolute atomic E-state index is 6.34. The molecule has 2 nitrogen and oxygen atoms in total. The summed E-state index contributed by atoms with van der Waals surface area (Å²) in [6.45, 7) is 7.84. The fourth-order valence-corrected chi connectivity index (χ4v) is 3.85. The molecular formula is C16H25ClN2. The van der Waals surface area contributed by atoms with Gasteiger partial charge in [0, 0.05) is 6.20 Å². The molecule has 2 rings (SSSR count). The van der Waals surface area contributed by atoms with E-state index in [1.54, 1.807) is 0 Å². The van der Waals surface area contributed by atoms with Crippen LogP contribution in [0.1, 0.15) is 51.8 Å². The summed E-state index contributed by atoms with van der Waals surface area (Å²) in [6.07, 6.45) is 5.75. The number of hydrogen-bond donors (Lipinski definition) is 1. The van der Waals surface area contributed by atoms with Crippen LogP contribution in [0.5, 0.6) is 0 Å². The molecule has 0 saturated heterocycles. The van der Waals surface area contributed by atoms with Gasteiger partial charge < -0.3 is 5.32 Å². The van der Waals surface area contributed by atoms with Crippen LogP contribution in [0.25, 0.3) is 0 Å². The quantitative estimate of drug-likeness (QED) is 0.881. The zero-order chi connectivity index (χ0) is 13.8. The molecule has 0 amide bonds. The first-order valence-corrected chi connectivity index (χ1v) is 7.83. The van der Waals surface area contributed by atoms with Gasteiger partial charge in [0.15, 0.2) is 0 Å². The summed E-state index contributed by atoms with van der Waals surface area (Å²) in [7, 11) is 0. The van der Waals surface area contributed by atoms with Crippen LogP contribution in [0.15, 0.2) is 18.3 Å². The van der Waals surface area contributed by atoms with Gasteiger partial charge in [0.1, 0.15) is 0 Å². The maximum Gasteiger partial charge on any atom is 0.0761 e. The van der Waals surface area contributed by atoms with Crippen LogP contribution in [0.3, 0.4) is 0 Å². The number of nitrogens with one attached hydrogen (secondary N) is 1. The molecule has 1 aliphatic rings. The maximum atomic E-state index is 6.34. The van der Waals surface area contributed by atoms with Gasteiger partial charge in [0.05, 0.1) is 16.8 Å².